The van der Waals surface area contributed by atoms with Gasteiger partial charge in [0.05, 0.1) is 16.6 Å². The standard InChI is InChI=1S/C20H22N4O4S/c1-14(2)23(3)29(27,28)16-10-8-15(9-11-16)22-20(26)13-24-18-7-5-4-6-17(18)19(25)12-21-24/h4-12,14H,13H2,1-3H3,(H,22,26). The molecular weight excluding hydrogens is 392 g/mol. The fraction of sp³-hybridized carbons (Fsp3) is 0.250. The molecule has 0 saturated carbocycles. The molecule has 152 valence electrons. The van der Waals surface area contributed by atoms with Crippen molar-refractivity contribution in [3.05, 3.63) is 65.0 Å². The summed E-state index contributed by atoms with van der Waals surface area (Å²) in [5.41, 5.74) is 0.820. The lowest BCUT2D eigenvalue weighted by Gasteiger charge is -2.21. The number of para-hydroxylation sites is 1. The van der Waals surface area contributed by atoms with Crippen LogP contribution in [0.2, 0.25) is 0 Å². The average Bonchev–Trinajstić information content (AvgIpc) is 2.70. The summed E-state index contributed by atoms with van der Waals surface area (Å²) in [5.74, 6) is -0.346. The van der Waals surface area contributed by atoms with Crippen LogP contribution in [0.3, 0.4) is 0 Å². The summed E-state index contributed by atoms with van der Waals surface area (Å²) < 4.78 is 27.7. The average molecular weight is 414 g/mol. The zero-order valence-electron chi connectivity index (χ0n) is 16.4. The Hall–Kier alpha value is -3.04. The van der Waals surface area contributed by atoms with Crippen molar-refractivity contribution in [2.75, 3.05) is 12.4 Å². The van der Waals surface area contributed by atoms with E-state index in [1.807, 2.05) is 0 Å². The first-order valence-electron chi connectivity index (χ1n) is 9.03. The highest BCUT2D eigenvalue weighted by molar-refractivity contribution is 7.89. The van der Waals surface area contributed by atoms with E-state index >= 15 is 0 Å². The zero-order chi connectivity index (χ0) is 21.2. The van der Waals surface area contributed by atoms with E-state index in [0.29, 0.717) is 16.6 Å². The molecule has 0 aliphatic heterocycles. The van der Waals surface area contributed by atoms with Crippen LogP contribution in [0, 0.1) is 0 Å². The van der Waals surface area contributed by atoms with Crippen LogP contribution in [0.4, 0.5) is 5.69 Å². The number of amides is 1. The second-order valence-electron chi connectivity index (χ2n) is 6.87. The van der Waals surface area contributed by atoms with Gasteiger partial charge in [0.2, 0.25) is 21.4 Å². The van der Waals surface area contributed by atoms with Crippen LogP contribution >= 0.6 is 0 Å². The van der Waals surface area contributed by atoms with E-state index in [1.54, 1.807) is 38.1 Å². The summed E-state index contributed by atoms with van der Waals surface area (Å²) in [7, 11) is -2.06. The minimum Gasteiger partial charge on any atom is -0.324 e. The van der Waals surface area contributed by atoms with Crippen LogP contribution in [0.15, 0.2) is 64.4 Å². The number of rotatable bonds is 6. The highest BCUT2D eigenvalue weighted by Crippen LogP contribution is 2.19. The molecule has 0 atom stereocenters. The zero-order valence-corrected chi connectivity index (χ0v) is 17.2. The van der Waals surface area contributed by atoms with Crippen molar-refractivity contribution in [2.45, 2.75) is 31.3 Å². The molecule has 3 rings (SSSR count). The first kappa shape index (κ1) is 20.7. The fourth-order valence-corrected chi connectivity index (χ4v) is 4.15. The molecule has 9 heteroatoms. The number of aromatic nitrogens is 2. The second-order valence-corrected chi connectivity index (χ2v) is 8.87. The number of hydrogen-bond acceptors (Lipinski definition) is 5. The molecule has 29 heavy (non-hydrogen) atoms. The van der Waals surface area contributed by atoms with E-state index in [9.17, 15) is 18.0 Å². The number of hydrogen-bond donors (Lipinski definition) is 1. The molecule has 0 saturated heterocycles. The molecule has 0 bridgehead atoms. The number of anilines is 1. The summed E-state index contributed by atoms with van der Waals surface area (Å²) in [4.78, 5) is 24.4. The largest absolute Gasteiger partial charge is 0.324 e. The van der Waals surface area contributed by atoms with E-state index in [-0.39, 0.29) is 28.8 Å². The van der Waals surface area contributed by atoms with Gasteiger partial charge in [0.25, 0.3) is 0 Å². The highest BCUT2D eigenvalue weighted by atomic mass is 32.2. The Morgan fingerprint density at radius 2 is 1.79 bits per heavy atom. The van der Waals surface area contributed by atoms with Crippen molar-refractivity contribution in [1.82, 2.24) is 14.1 Å². The minimum absolute atomic E-state index is 0.0864. The summed E-state index contributed by atoms with van der Waals surface area (Å²) in [6.45, 7) is 3.50. The Bertz CT molecular complexity index is 1200. The van der Waals surface area contributed by atoms with Gasteiger partial charge in [0.15, 0.2) is 0 Å². The van der Waals surface area contributed by atoms with Gasteiger partial charge in [-0.2, -0.15) is 9.40 Å². The van der Waals surface area contributed by atoms with Crippen LogP contribution in [0.25, 0.3) is 10.9 Å². The predicted molar refractivity (Wildman–Crippen MR) is 111 cm³/mol. The SMILES string of the molecule is CC(C)N(C)S(=O)(=O)c1ccc(NC(=O)Cn2ncc(=O)c3ccccc32)cc1. The highest BCUT2D eigenvalue weighted by Gasteiger charge is 2.22. The third-order valence-corrected chi connectivity index (χ3v) is 6.65. The van der Waals surface area contributed by atoms with Crippen LogP contribution in [0.1, 0.15) is 13.8 Å². The van der Waals surface area contributed by atoms with Gasteiger partial charge in [-0.3, -0.25) is 14.3 Å². The van der Waals surface area contributed by atoms with Gasteiger partial charge in [0, 0.05) is 24.2 Å². The normalized spacial score (nSPS) is 11.9. The number of nitrogens with one attached hydrogen (secondary N) is 1. The van der Waals surface area contributed by atoms with E-state index in [4.69, 9.17) is 0 Å². The van der Waals surface area contributed by atoms with E-state index in [2.05, 4.69) is 10.4 Å². The number of carbonyl (C=O) groups excluding carboxylic acids is 1. The maximum atomic E-state index is 12.5. The van der Waals surface area contributed by atoms with E-state index in [0.717, 1.165) is 0 Å². The third kappa shape index (κ3) is 4.36. The van der Waals surface area contributed by atoms with E-state index < -0.39 is 10.0 Å². The van der Waals surface area contributed by atoms with Crippen molar-refractivity contribution in [3.8, 4) is 0 Å². The Labute approximate surface area is 168 Å². The van der Waals surface area contributed by atoms with Crippen molar-refractivity contribution >= 4 is 32.5 Å². The van der Waals surface area contributed by atoms with Crippen molar-refractivity contribution in [2.24, 2.45) is 0 Å². The van der Waals surface area contributed by atoms with E-state index in [1.165, 1.54) is 46.5 Å². The van der Waals surface area contributed by atoms with Crippen molar-refractivity contribution < 1.29 is 13.2 Å². The summed E-state index contributed by atoms with van der Waals surface area (Å²) in [5, 5.41) is 7.23. The topological polar surface area (TPSA) is 101 Å². The Balaban J connectivity index is 1.76. The fourth-order valence-electron chi connectivity index (χ4n) is 2.78. The van der Waals surface area contributed by atoms with Crippen LogP contribution < -0.4 is 10.7 Å². The van der Waals surface area contributed by atoms with Gasteiger partial charge < -0.3 is 5.32 Å². The minimum atomic E-state index is -3.58. The molecule has 0 fully saturated rings. The molecule has 1 N–H and O–H groups in total. The van der Waals surface area contributed by atoms with Crippen LogP contribution in [-0.2, 0) is 21.4 Å². The summed E-state index contributed by atoms with van der Waals surface area (Å²) >= 11 is 0. The lowest BCUT2D eigenvalue weighted by molar-refractivity contribution is -0.116. The Kier molecular flexibility index (Phi) is 5.81. The molecule has 2 aromatic carbocycles. The van der Waals surface area contributed by atoms with Gasteiger partial charge in [-0.15, -0.1) is 0 Å². The Morgan fingerprint density at radius 3 is 2.45 bits per heavy atom. The molecule has 0 aliphatic rings. The quantitative estimate of drug-likeness (QED) is 0.665. The number of nitrogens with zero attached hydrogens (tertiary/aromatic N) is 3. The molecular formula is C20H22N4O4S. The first-order valence-corrected chi connectivity index (χ1v) is 10.5. The molecule has 0 radical (unpaired) electrons. The maximum absolute atomic E-state index is 12.5. The second kappa shape index (κ2) is 8.14. The molecule has 0 aliphatic carbocycles. The third-order valence-electron chi connectivity index (χ3n) is 4.60. The molecule has 1 aromatic heterocycles. The number of sulfonamides is 1. The predicted octanol–water partition coefficient (Wildman–Crippen LogP) is 2.06. The summed E-state index contributed by atoms with van der Waals surface area (Å²) in [6.07, 6.45) is 1.18. The number of carbonyl (C=O) groups is 1. The van der Waals surface area contributed by atoms with Crippen molar-refractivity contribution in [3.63, 3.8) is 0 Å². The smallest absolute Gasteiger partial charge is 0.246 e. The molecule has 3 aromatic rings. The molecule has 0 unspecified atom stereocenters. The monoisotopic (exact) mass is 414 g/mol. The lowest BCUT2D eigenvalue weighted by Crippen LogP contribution is -2.33. The van der Waals surface area contributed by atoms with Gasteiger partial charge in [-0.25, -0.2) is 8.42 Å². The molecule has 1 amide bonds. The molecule has 1 heterocycles. The Morgan fingerprint density at radius 1 is 1.14 bits per heavy atom. The van der Waals surface area contributed by atoms with Gasteiger partial charge in [0.1, 0.15) is 6.54 Å². The van der Waals surface area contributed by atoms with Crippen LogP contribution in [0.5, 0.6) is 0 Å². The number of fused-ring (bicyclic) bond motifs is 1. The molecule has 8 nitrogen and oxygen atoms in total. The maximum Gasteiger partial charge on any atom is 0.246 e. The lowest BCUT2D eigenvalue weighted by atomic mass is 10.2. The van der Waals surface area contributed by atoms with Gasteiger partial charge >= 0.3 is 0 Å². The molecule has 0 spiro atoms. The van der Waals surface area contributed by atoms with Gasteiger partial charge in [-0.1, -0.05) is 12.1 Å². The van der Waals surface area contributed by atoms with Gasteiger partial charge in [-0.05, 0) is 50.2 Å². The number of benzene rings is 2. The first-order chi connectivity index (χ1) is 13.7. The van der Waals surface area contributed by atoms with Crippen molar-refractivity contribution in [1.29, 1.82) is 0 Å². The van der Waals surface area contributed by atoms with Crippen LogP contribution in [-0.4, -0.2) is 41.5 Å². The summed E-state index contributed by atoms with van der Waals surface area (Å²) in [6, 6.07) is 12.7.